The third-order valence-electron chi connectivity index (χ3n) is 5.41. The lowest BCUT2D eigenvalue weighted by atomic mass is 10.2. The maximum atomic E-state index is 5.94. The number of para-hydroxylation sites is 2. The number of morpholine rings is 1. The Kier molecular flexibility index (Phi) is 6.49. The van der Waals surface area contributed by atoms with Gasteiger partial charge in [-0.15, -0.1) is 0 Å². The summed E-state index contributed by atoms with van der Waals surface area (Å²) in [6.07, 6.45) is 0. The van der Waals surface area contributed by atoms with Crippen LogP contribution in [0.15, 0.2) is 83.4 Å². The Morgan fingerprint density at radius 1 is 0.758 bits per heavy atom. The van der Waals surface area contributed by atoms with E-state index in [4.69, 9.17) is 18.7 Å². The molecular weight excluding hydrogens is 418 g/mol. The summed E-state index contributed by atoms with van der Waals surface area (Å²) < 4.78 is 22.7. The molecule has 5 rings (SSSR count). The first-order valence-corrected chi connectivity index (χ1v) is 11.0. The number of hydrogen-bond donors (Lipinski definition) is 0. The lowest BCUT2D eigenvalue weighted by Gasteiger charge is -2.28. The highest BCUT2D eigenvalue weighted by atomic mass is 16.5. The number of hydrogen-bond acceptors (Lipinski definition) is 7. The third kappa shape index (κ3) is 5.32. The fourth-order valence-corrected chi connectivity index (χ4v) is 3.64. The van der Waals surface area contributed by atoms with E-state index in [1.54, 1.807) is 0 Å². The maximum Gasteiger partial charge on any atom is 0.264 e. The first kappa shape index (κ1) is 21.0. The van der Waals surface area contributed by atoms with Gasteiger partial charge in [-0.3, -0.25) is 0 Å². The first-order chi connectivity index (χ1) is 16.3. The molecule has 0 spiro atoms. The topological polar surface area (TPSA) is 69.9 Å². The number of rotatable bonds is 8. The number of aromatic nitrogens is 2. The molecule has 1 aliphatic heterocycles. The van der Waals surface area contributed by atoms with E-state index >= 15 is 0 Å². The van der Waals surface area contributed by atoms with Gasteiger partial charge < -0.3 is 23.6 Å². The van der Waals surface area contributed by atoms with E-state index in [2.05, 4.69) is 27.2 Å². The van der Waals surface area contributed by atoms with Crippen molar-refractivity contribution in [1.29, 1.82) is 0 Å². The van der Waals surface area contributed by atoms with Gasteiger partial charge >= 0.3 is 0 Å². The largest absolute Gasteiger partial charge is 0.485 e. The van der Waals surface area contributed by atoms with Crippen LogP contribution in [0.5, 0.6) is 11.5 Å². The molecule has 0 unspecified atom stereocenters. The molecule has 0 saturated carbocycles. The molecule has 0 radical (unpaired) electrons. The second-order valence-electron chi connectivity index (χ2n) is 7.67. The number of benzene rings is 3. The minimum Gasteiger partial charge on any atom is -0.485 e. The average Bonchev–Trinajstić information content (AvgIpc) is 3.37. The standard InChI is InChI=1S/C26H25N3O4/c1-2-6-20(7-3-1)18-31-23-8-4-5-9-24(23)32-19-25-27-26(28-33-25)21-10-12-22(13-11-21)29-14-16-30-17-15-29/h1-13H,14-19H2. The van der Waals surface area contributed by atoms with Crippen molar-refractivity contribution in [1.82, 2.24) is 10.1 Å². The minimum absolute atomic E-state index is 0.157. The second kappa shape index (κ2) is 10.2. The fraction of sp³-hybridized carbons (Fsp3) is 0.231. The van der Waals surface area contributed by atoms with Crippen LogP contribution < -0.4 is 14.4 Å². The summed E-state index contributed by atoms with van der Waals surface area (Å²) in [5.74, 6) is 2.23. The summed E-state index contributed by atoms with van der Waals surface area (Å²) in [6, 6.07) is 25.7. The van der Waals surface area contributed by atoms with Crippen molar-refractivity contribution < 1.29 is 18.7 Å². The molecule has 0 N–H and O–H groups in total. The highest BCUT2D eigenvalue weighted by molar-refractivity contribution is 5.60. The van der Waals surface area contributed by atoms with Gasteiger partial charge in [0.05, 0.1) is 13.2 Å². The highest BCUT2D eigenvalue weighted by Crippen LogP contribution is 2.28. The Labute approximate surface area is 192 Å². The van der Waals surface area contributed by atoms with Crippen LogP contribution in [0.2, 0.25) is 0 Å². The van der Waals surface area contributed by atoms with Gasteiger partial charge in [0.1, 0.15) is 6.61 Å². The van der Waals surface area contributed by atoms with Crippen molar-refractivity contribution in [3.8, 4) is 22.9 Å². The molecule has 0 amide bonds. The smallest absolute Gasteiger partial charge is 0.264 e. The van der Waals surface area contributed by atoms with Crippen LogP contribution >= 0.6 is 0 Å². The fourth-order valence-electron chi connectivity index (χ4n) is 3.64. The van der Waals surface area contributed by atoms with E-state index in [-0.39, 0.29) is 6.61 Å². The van der Waals surface area contributed by atoms with Gasteiger partial charge in [-0.2, -0.15) is 4.98 Å². The normalized spacial score (nSPS) is 13.6. The summed E-state index contributed by atoms with van der Waals surface area (Å²) in [4.78, 5) is 6.79. The van der Waals surface area contributed by atoms with Crippen molar-refractivity contribution in [3.05, 3.63) is 90.3 Å². The van der Waals surface area contributed by atoms with Gasteiger partial charge in [-0.05, 0) is 42.0 Å². The van der Waals surface area contributed by atoms with E-state index in [9.17, 15) is 0 Å². The Balaban J connectivity index is 1.20. The molecule has 3 aromatic carbocycles. The first-order valence-electron chi connectivity index (χ1n) is 11.0. The molecule has 33 heavy (non-hydrogen) atoms. The summed E-state index contributed by atoms with van der Waals surface area (Å²) >= 11 is 0. The zero-order chi connectivity index (χ0) is 22.3. The minimum atomic E-state index is 0.157. The van der Waals surface area contributed by atoms with Gasteiger partial charge in [0.2, 0.25) is 5.82 Å². The van der Waals surface area contributed by atoms with Crippen LogP contribution in [-0.4, -0.2) is 36.4 Å². The number of nitrogens with zero attached hydrogens (tertiary/aromatic N) is 3. The molecular formula is C26H25N3O4. The Bertz CT molecular complexity index is 1160. The molecule has 7 nitrogen and oxygen atoms in total. The molecule has 0 atom stereocenters. The zero-order valence-electron chi connectivity index (χ0n) is 18.2. The molecule has 0 bridgehead atoms. The SMILES string of the molecule is c1ccc(COc2ccccc2OCc2nc(-c3ccc(N4CCOCC4)cc3)no2)cc1. The number of ether oxygens (including phenoxy) is 3. The Morgan fingerprint density at radius 2 is 1.42 bits per heavy atom. The van der Waals surface area contributed by atoms with Crippen molar-refractivity contribution in [3.63, 3.8) is 0 Å². The van der Waals surface area contributed by atoms with Crippen LogP contribution in [0.3, 0.4) is 0 Å². The van der Waals surface area contributed by atoms with Crippen molar-refractivity contribution in [2.45, 2.75) is 13.2 Å². The van der Waals surface area contributed by atoms with E-state index < -0.39 is 0 Å². The van der Waals surface area contributed by atoms with Gasteiger partial charge in [0.15, 0.2) is 18.1 Å². The lowest BCUT2D eigenvalue weighted by molar-refractivity contribution is 0.122. The van der Waals surface area contributed by atoms with E-state index in [0.717, 1.165) is 37.4 Å². The zero-order valence-corrected chi connectivity index (χ0v) is 18.2. The average molecular weight is 444 g/mol. The molecule has 4 aromatic rings. The Hall–Kier alpha value is -3.84. The molecule has 2 heterocycles. The van der Waals surface area contributed by atoms with E-state index in [1.807, 2.05) is 66.7 Å². The van der Waals surface area contributed by atoms with Crippen LogP contribution in [-0.2, 0) is 18.0 Å². The van der Waals surface area contributed by atoms with E-state index in [0.29, 0.717) is 29.8 Å². The van der Waals surface area contributed by atoms with Gasteiger partial charge in [0, 0.05) is 24.3 Å². The van der Waals surface area contributed by atoms with E-state index in [1.165, 1.54) is 5.69 Å². The molecule has 1 aromatic heterocycles. The van der Waals surface area contributed by atoms with Crippen LogP contribution in [0.25, 0.3) is 11.4 Å². The summed E-state index contributed by atoms with van der Waals surface area (Å²) in [7, 11) is 0. The molecule has 1 aliphatic rings. The third-order valence-corrected chi connectivity index (χ3v) is 5.41. The second-order valence-corrected chi connectivity index (χ2v) is 7.67. The Morgan fingerprint density at radius 3 is 2.15 bits per heavy atom. The van der Waals surface area contributed by atoms with Gasteiger partial charge in [0.25, 0.3) is 5.89 Å². The van der Waals surface area contributed by atoms with Crippen molar-refractivity contribution >= 4 is 5.69 Å². The molecule has 7 heteroatoms. The maximum absolute atomic E-state index is 5.94. The highest BCUT2D eigenvalue weighted by Gasteiger charge is 2.14. The predicted octanol–water partition coefficient (Wildman–Crippen LogP) is 4.73. The monoisotopic (exact) mass is 443 g/mol. The lowest BCUT2D eigenvalue weighted by Crippen LogP contribution is -2.36. The summed E-state index contributed by atoms with van der Waals surface area (Å²) in [5.41, 5.74) is 3.16. The quantitative estimate of drug-likeness (QED) is 0.390. The van der Waals surface area contributed by atoms with Crippen LogP contribution in [0, 0.1) is 0 Å². The van der Waals surface area contributed by atoms with Crippen molar-refractivity contribution in [2.75, 3.05) is 31.2 Å². The van der Waals surface area contributed by atoms with Crippen LogP contribution in [0.1, 0.15) is 11.5 Å². The van der Waals surface area contributed by atoms with Gasteiger partial charge in [-0.25, -0.2) is 0 Å². The molecule has 0 aliphatic carbocycles. The van der Waals surface area contributed by atoms with Crippen LogP contribution in [0.4, 0.5) is 5.69 Å². The summed E-state index contributed by atoms with van der Waals surface area (Å²) in [5, 5.41) is 4.11. The number of anilines is 1. The van der Waals surface area contributed by atoms with Gasteiger partial charge in [-0.1, -0.05) is 47.6 Å². The predicted molar refractivity (Wildman–Crippen MR) is 124 cm³/mol. The molecule has 1 fully saturated rings. The summed E-state index contributed by atoms with van der Waals surface area (Å²) in [6.45, 7) is 3.95. The van der Waals surface area contributed by atoms with Crippen molar-refractivity contribution in [2.24, 2.45) is 0 Å². The molecule has 1 saturated heterocycles. The molecule has 168 valence electrons.